The second-order valence-corrected chi connectivity index (χ2v) is 11.8. The smallest absolute Gasteiger partial charge is 0.187 e. The number of fused-ring (bicyclic) bond motifs is 3. The van der Waals surface area contributed by atoms with Gasteiger partial charge in [0.05, 0.1) is 106 Å². The molecule has 0 spiro atoms. The molecule has 0 amide bonds. The van der Waals surface area contributed by atoms with Gasteiger partial charge in [-0.05, 0) is 16.7 Å². The minimum atomic E-state index is -0.781. The van der Waals surface area contributed by atoms with Crippen LogP contribution >= 0.6 is 0 Å². The van der Waals surface area contributed by atoms with E-state index in [0.29, 0.717) is 92.5 Å². The number of ether oxygens (including phenoxy) is 11. The predicted octanol–water partition coefficient (Wildman–Crippen LogP) is 4.60. The average molecular weight is 697 g/mol. The monoisotopic (exact) mass is 696 g/mol. The molecule has 2 aliphatic heterocycles. The summed E-state index contributed by atoms with van der Waals surface area (Å²) >= 11 is 0. The van der Waals surface area contributed by atoms with Crippen molar-refractivity contribution in [3.05, 3.63) is 108 Å². The van der Waals surface area contributed by atoms with E-state index < -0.39 is 30.7 Å². The summed E-state index contributed by atoms with van der Waals surface area (Å²) in [5.74, 6) is 0. The van der Waals surface area contributed by atoms with E-state index in [1.54, 1.807) is 0 Å². The van der Waals surface area contributed by atoms with Gasteiger partial charge in [0.1, 0.15) is 24.4 Å². The van der Waals surface area contributed by atoms with Gasteiger partial charge in [0.15, 0.2) is 6.29 Å². The lowest BCUT2D eigenvalue weighted by atomic mass is 9.98. The molecular weight excluding hydrogens is 644 g/mol. The molecule has 0 N–H and O–H groups in total. The average Bonchev–Trinajstić information content (AvgIpc) is 3.16. The fourth-order valence-electron chi connectivity index (χ4n) is 5.56. The molecule has 0 aromatic heterocycles. The highest BCUT2D eigenvalue weighted by Crippen LogP contribution is 2.31. The third kappa shape index (κ3) is 14.1. The van der Waals surface area contributed by atoms with Crippen molar-refractivity contribution in [3.63, 3.8) is 0 Å². The van der Waals surface area contributed by atoms with Crippen LogP contribution in [0, 0.1) is 0 Å². The van der Waals surface area contributed by atoms with Crippen LogP contribution in [0.2, 0.25) is 0 Å². The first-order valence-electron chi connectivity index (χ1n) is 17.6. The van der Waals surface area contributed by atoms with Crippen molar-refractivity contribution in [1.82, 2.24) is 0 Å². The van der Waals surface area contributed by atoms with Crippen LogP contribution in [-0.2, 0) is 71.9 Å². The molecule has 50 heavy (non-hydrogen) atoms. The van der Waals surface area contributed by atoms with Gasteiger partial charge in [-0.25, -0.2) is 0 Å². The highest BCUT2D eigenvalue weighted by atomic mass is 16.7. The van der Waals surface area contributed by atoms with Gasteiger partial charge < -0.3 is 52.1 Å². The molecule has 5 rings (SSSR count). The van der Waals surface area contributed by atoms with E-state index >= 15 is 0 Å². The number of benzene rings is 3. The largest absolute Gasteiger partial charge is 0.377 e. The molecule has 2 aliphatic rings. The maximum atomic E-state index is 6.72. The van der Waals surface area contributed by atoms with Crippen LogP contribution in [0.25, 0.3) is 0 Å². The van der Waals surface area contributed by atoms with Crippen molar-refractivity contribution < 1.29 is 52.1 Å². The lowest BCUT2D eigenvalue weighted by Crippen LogP contribution is -2.62. The minimum absolute atomic E-state index is 0.251. The SMILES string of the molecule is c1ccc(COC[C@H]2O[C@H]3OCCOCCOCCOCCOCCOCCO[C@@H]2[C@H](OCc2ccccc2)[C@H]3OCc2ccccc2)cc1. The lowest BCUT2D eigenvalue weighted by molar-refractivity contribution is -0.328. The molecule has 3 aromatic rings. The molecule has 0 saturated carbocycles. The Kier molecular flexibility index (Phi) is 18.2. The van der Waals surface area contributed by atoms with E-state index in [0.717, 1.165) is 16.7 Å². The van der Waals surface area contributed by atoms with Crippen molar-refractivity contribution >= 4 is 0 Å². The summed E-state index contributed by atoms with van der Waals surface area (Å²) in [5.41, 5.74) is 3.11. The van der Waals surface area contributed by atoms with Crippen molar-refractivity contribution in [1.29, 1.82) is 0 Å². The zero-order valence-electron chi connectivity index (χ0n) is 28.9. The summed E-state index contributed by atoms with van der Waals surface area (Å²) in [6.07, 6.45) is -3.06. The van der Waals surface area contributed by atoms with E-state index in [2.05, 4.69) is 0 Å². The summed E-state index contributed by atoms with van der Waals surface area (Å²) in [6.45, 7) is 6.40. The Labute approximate surface area is 295 Å². The zero-order chi connectivity index (χ0) is 34.3. The second-order valence-electron chi connectivity index (χ2n) is 11.8. The third-order valence-electron chi connectivity index (χ3n) is 8.09. The first kappa shape index (κ1) is 38.5. The van der Waals surface area contributed by atoms with E-state index in [1.807, 2.05) is 91.0 Å². The Hall–Kier alpha value is -2.78. The van der Waals surface area contributed by atoms with Crippen LogP contribution in [0.5, 0.6) is 0 Å². The Morgan fingerprint density at radius 2 is 0.840 bits per heavy atom. The molecular formula is C39H52O11. The highest BCUT2D eigenvalue weighted by Gasteiger charge is 2.49. The standard InChI is InChI=1S/C39H52O11/c1-4-10-32(11-5-1)28-45-31-35-36-37(48-29-33-12-6-2-7-13-33)38(49-30-34-14-8-3-9-15-34)39(50-35)47-27-25-44-23-21-42-19-17-40-16-18-41-20-22-43-24-26-46-36/h1-15,35-39H,16-31H2/t35-,36+,37+,38-,39-/m1/s1. The van der Waals surface area contributed by atoms with Gasteiger partial charge in [0.25, 0.3) is 0 Å². The third-order valence-corrected chi connectivity index (χ3v) is 8.09. The molecule has 0 radical (unpaired) electrons. The molecule has 0 aliphatic carbocycles. The summed E-state index contributed by atoms with van der Waals surface area (Å²) in [5, 5.41) is 0. The summed E-state index contributed by atoms with van der Waals surface area (Å²) in [4.78, 5) is 0. The summed E-state index contributed by atoms with van der Waals surface area (Å²) in [6, 6.07) is 30.1. The Balaban J connectivity index is 1.35. The van der Waals surface area contributed by atoms with Crippen molar-refractivity contribution in [2.45, 2.75) is 50.5 Å². The molecule has 5 atom stereocenters. The quantitative estimate of drug-likeness (QED) is 0.298. The van der Waals surface area contributed by atoms with Crippen LogP contribution in [0.3, 0.4) is 0 Å². The first-order valence-corrected chi connectivity index (χ1v) is 17.6. The van der Waals surface area contributed by atoms with Gasteiger partial charge in [0, 0.05) is 0 Å². The van der Waals surface area contributed by atoms with Crippen molar-refractivity contribution in [3.8, 4) is 0 Å². The maximum absolute atomic E-state index is 6.72. The molecule has 11 nitrogen and oxygen atoms in total. The van der Waals surface area contributed by atoms with Gasteiger partial charge in [-0.15, -0.1) is 0 Å². The summed E-state index contributed by atoms with van der Waals surface area (Å²) < 4.78 is 67.6. The molecule has 2 bridgehead atoms. The number of hydrogen-bond acceptors (Lipinski definition) is 11. The van der Waals surface area contributed by atoms with E-state index in [9.17, 15) is 0 Å². The van der Waals surface area contributed by atoms with Crippen LogP contribution in [0.4, 0.5) is 0 Å². The zero-order valence-corrected chi connectivity index (χ0v) is 28.9. The van der Waals surface area contributed by atoms with Crippen molar-refractivity contribution in [2.75, 3.05) is 85.9 Å². The highest BCUT2D eigenvalue weighted by molar-refractivity contribution is 5.15. The van der Waals surface area contributed by atoms with E-state index in [1.165, 1.54) is 0 Å². The van der Waals surface area contributed by atoms with Gasteiger partial charge >= 0.3 is 0 Å². The second kappa shape index (κ2) is 23.6. The van der Waals surface area contributed by atoms with Crippen LogP contribution < -0.4 is 0 Å². The summed E-state index contributed by atoms with van der Waals surface area (Å²) in [7, 11) is 0. The van der Waals surface area contributed by atoms with E-state index in [4.69, 9.17) is 52.1 Å². The van der Waals surface area contributed by atoms with Gasteiger partial charge in [0.2, 0.25) is 0 Å². The normalized spacial score (nSPS) is 25.6. The molecule has 2 fully saturated rings. The fourth-order valence-corrected chi connectivity index (χ4v) is 5.56. The molecule has 2 saturated heterocycles. The number of rotatable bonds is 10. The van der Waals surface area contributed by atoms with Gasteiger partial charge in [-0.2, -0.15) is 0 Å². The molecule has 274 valence electrons. The van der Waals surface area contributed by atoms with Crippen LogP contribution in [0.15, 0.2) is 91.0 Å². The van der Waals surface area contributed by atoms with Gasteiger partial charge in [-0.1, -0.05) is 91.0 Å². The Morgan fingerprint density at radius 1 is 0.440 bits per heavy atom. The topological polar surface area (TPSA) is 102 Å². The molecule has 0 unspecified atom stereocenters. The Morgan fingerprint density at radius 3 is 1.32 bits per heavy atom. The fraction of sp³-hybridized carbons (Fsp3) is 0.538. The molecule has 3 aromatic carbocycles. The van der Waals surface area contributed by atoms with Crippen LogP contribution in [0.1, 0.15) is 16.7 Å². The van der Waals surface area contributed by atoms with E-state index in [-0.39, 0.29) is 13.2 Å². The number of hydrogen-bond donors (Lipinski definition) is 0. The van der Waals surface area contributed by atoms with Crippen LogP contribution in [-0.4, -0.2) is 117 Å². The first-order chi connectivity index (χ1) is 24.9. The van der Waals surface area contributed by atoms with Gasteiger partial charge in [-0.3, -0.25) is 0 Å². The minimum Gasteiger partial charge on any atom is -0.377 e. The molecule has 11 heteroatoms. The Bertz CT molecular complexity index is 1250. The maximum Gasteiger partial charge on any atom is 0.187 e. The predicted molar refractivity (Wildman–Crippen MR) is 185 cm³/mol. The molecule has 2 heterocycles. The lowest BCUT2D eigenvalue weighted by Gasteiger charge is -2.45. The van der Waals surface area contributed by atoms with Crippen molar-refractivity contribution in [2.24, 2.45) is 0 Å².